The molecule has 0 amide bonds. The molecule has 4 heteroatoms. The molecule has 0 aromatic rings. The van der Waals surface area contributed by atoms with Crippen molar-refractivity contribution in [2.75, 3.05) is 65.4 Å². The van der Waals surface area contributed by atoms with Gasteiger partial charge < -0.3 is 9.80 Å². The van der Waals surface area contributed by atoms with E-state index in [1.807, 2.05) is 0 Å². The van der Waals surface area contributed by atoms with Gasteiger partial charge in [-0.1, -0.05) is 6.92 Å². The molecular weight excluding hydrogens is 332 g/mol. The number of hydrogen-bond donors (Lipinski definition) is 0. The van der Waals surface area contributed by atoms with Gasteiger partial charge in [-0.05, 0) is 73.4 Å². The minimum Gasteiger partial charge on any atom is -0.301 e. The Labute approximate surface area is 169 Å². The van der Waals surface area contributed by atoms with Gasteiger partial charge in [-0.15, -0.1) is 0 Å². The van der Waals surface area contributed by atoms with Crippen LogP contribution in [0, 0.1) is 11.3 Å². The maximum absolute atomic E-state index is 2.75. The summed E-state index contributed by atoms with van der Waals surface area (Å²) in [6, 6.07) is 0. The number of nitrogens with zero attached hydrogens (tertiary/aromatic N) is 4. The number of piperazine rings is 1. The summed E-state index contributed by atoms with van der Waals surface area (Å²) in [6.45, 7) is 29.4. The van der Waals surface area contributed by atoms with E-state index in [9.17, 15) is 0 Å². The average Bonchev–Trinajstić information content (AvgIpc) is 2.53. The summed E-state index contributed by atoms with van der Waals surface area (Å²) in [4.78, 5) is 10.8. The second-order valence-electron chi connectivity index (χ2n) is 12.0. The zero-order valence-electron chi connectivity index (χ0n) is 19.4. The molecule has 0 aromatic carbocycles. The van der Waals surface area contributed by atoms with E-state index in [4.69, 9.17) is 0 Å². The van der Waals surface area contributed by atoms with Crippen molar-refractivity contribution in [2.45, 2.75) is 72.4 Å². The number of rotatable bonds is 4. The summed E-state index contributed by atoms with van der Waals surface area (Å²) in [6.07, 6.45) is 2.77. The molecule has 0 N–H and O–H groups in total. The predicted molar refractivity (Wildman–Crippen MR) is 116 cm³/mol. The Morgan fingerprint density at radius 3 is 1.67 bits per heavy atom. The summed E-state index contributed by atoms with van der Waals surface area (Å²) in [5.74, 6) is 0.916. The zero-order chi connectivity index (χ0) is 19.9. The lowest BCUT2D eigenvalue weighted by Crippen LogP contribution is -2.65. The highest BCUT2D eigenvalue weighted by atomic mass is 15.3. The van der Waals surface area contributed by atoms with Crippen LogP contribution < -0.4 is 0 Å². The van der Waals surface area contributed by atoms with E-state index in [0.29, 0.717) is 16.5 Å². The Morgan fingerprint density at radius 2 is 1.19 bits per heavy atom. The molecule has 3 aliphatic rings. The highest BCUT2D eigenvalue weighted by Crippen LogP contribution is 2.36. The van der Waals surface area contributed by atoms with E-state index in [-0.39, 0.29) is 0 Å². The van der Waals surface area contributed by atoms with E-state index < -0.39 is 0 Å². The van der Waals surface area contributed by atoms with Gasteiger partial charge in [0.2, 0.25) is 0 Å². The van der Waals surface area contributed by atoms with Crippen molar-refractivity contribution in [3.63, 3.8) is 0 Å². The fourth-order valence-corrected chi connectivity index (χ4v) is 5.27. The van der Waals surface area contributed by atoms with Crippen LogP contribution in [-0.4, -0.2) is 96.1 Å². The van der Waals surface area contributed by atoms with Gasteiger partial charge in [0, 0.05) is 68.9 Å². The highest BCUT2D eigenvalue weighted by molar-refractivity contribution is 4.99. The SMILES string of the molecule is CC1(CN2CCN(CC3CCN(C(C)(C)C)CC3)CC2)CN(C(C)(C)C)C1. The Kier molecular flexibility index (Phi) is 6.33. The fraction of sp³-hybridized carbons (Fsp3) is 1.00. The monoisotopic (exact) mass is 378 g/mol. The first kappa shape index (κ1) is 21.5. The Balaban J connectivity index is 1.34. The second-order valence-corrected chi connectivity index (χ2v) is 12.0. The summed E-state index contributed by atoms with van der Waals surface area (Å²) in [5, 5.41) is 0. The van der Waals surface area contributed by atoms with Crippen LogP contribution in [0.3, 0.4) is 0 Å². The molecule has 0 saturated carbocycles. The van der Waals surface area contributed by atoms with Gasteiger partial charge in [-0.25, -0.2) is 0 Å². The van der Waals surface area contributed by atoms with Crippen molar-refractivity contribution in [2.24, 2.45) is 11.3 Å². The standard InChI is InChI=1S/C23H46N4/c1-21(2,3)26-10-8-20(9-11-26)16-24-12-14-25(15-13-24)17-23(7)18-27(19-23)22(4,5)6/h20H,8-19H2,1-7H3. The number of hydrogen-bond acceptors (Lipinski definition) is 4. The van der Waals surface area contributed by atoms with Gasteiger partial charge in [0.15, 0.2) is 0 Å². The molecule has 158 valence electrons. The maximum Gasteiger partial charge on any atom is 0.0125 e. The van der Waals surface area contributed by atoms with Crippen LogP contribution in [0.1, 0.15) is 61.3 Å². The van der Waals surface area contributed by atoms with Crippen LogP contribution in [0.15, 0.2) is 0 Å². The molecule has 0 aromatic heterocycles. The van der Waals surface area contributed by atoms with Gasteiger partial charge in [-0.3, -0.25) is 9.80 Å². The summed E-state index contributed by atoms with van der Waals surface area (Å²) < 4.78 is 0. The largest absolute Gasteiger partial charge is 0.301 e. The van der Waals surface area contributed by atoms with Gasteiger partial charge in [0.25, 0.3) is 0 Å². The molecule has 3 aliphatic heterocycles. The highest BCUT2D eigenvalue weighted by Gasteiger charge is 2.44. The van der Waals surface area contributed by atoms with E-state index in [1.54, 1.807) is 0 Å². The van der Waals surface area contributed by atoms with Gasteiger partial charge in [-0.2, -0.15) is 0 Å². The van der Waals surface area contributed by atoms with Crippen molar-refractivity contribution in [1.82, 2.24) is 19.6 Å². The Hall–Kier alpha value is -0.160. The minimum atomic E-state index is 0.334. The third kappa shape index (κ3) is 5.68. The first-order valence-electron chi connectivity index (χ1n) is 11.4. The molecular formula is C23H46N4. The fourth-order valence-electron chi connectivity index (χ4n) is 5.27. The lowest BCUT2D eigenvalue weighted by molar-refractivity contribution is -0.0695. The molecule has 0 radical (unpaired) electrons. The predicted octanol–water partition coefficient (Wildman–Crippen LogP) is 3.23. The summed E-state index contributed by atoms with van der Waals surface area (Å²) in [7, 11) is 0. The first-order valence-corrected chi connectivity index (χ1v) is 11.4. The van der Waals surface area contributed by atoms with Crippen LogP contribution in [0.2, 0.25) is 0 Å². The average molecular weight is 379 g/mol. The molecule has 0 atom stereocenters. The third-order valence-electron chi connectivity index (χ3n) is 7.24. The Morgan fingerprint density at radius 1 is 0.704 bits per heavy atom. The van der Waals surface area contributed by atoms with Crippen LogP contribution in [0.25, 0.3) is 0 Å². The summed E-state index contributed by atoms with van der Waals surface area (Å²) >= 11 is 0. The van der Waals surface area contributed by atoms with E-state index in [2.05, 4.69) is 68.1 Å². The van der Waals surface area contributed by atoms with Crippen molar-refractivity contribution in [1.29, 1.82) is 0 Å². The quantitative estimate of drug-likeness (QED) is 0.744. The molecule has 27 heavy (non-hydrogen) atoms. The Bertz CT molecular complexity index is 468. The van der Waals surface area contributed by atoms with Crippen molar-refractivity contribution in [3.05, 3.63) is 0 Å². The lowest BCUT2D eigenvalue weighted by atomic mass is 9.78. The second kappa shape index (κ2) is 7.93. The summed E-state index contributed by atoms with van der Waals surface area (Å²) in [5.41, 5.74) is 1.19. The maximum atomic E-state index is 2.75. The van der Waals surface area contributed by atoms with Crippen LogP contribution in [0.5, 0.6) is 0 Å². The molecule has 3 fully saturated rings. The smallest absolute Gasteiger partial charge is 0.0125 e. The van der Waals surface area contributed by atoms with Crippen LogP contribution in [-0.2, 0) is 0 Å². The van der Waals surface area contributed by atoms with Crippen molar-refractivity contribution >= 4 is 0 Å². The molecule has 0 spiro atoms. The molecule has 4 nitrogen and oxygen atoms in total. The van der Waals surface area contributed by atoms with Crippen molar-refractivity contribution in [3.8, 4) is 0 Å². The molecule has 3 rings (SSSR count). The normalized spacial score (nSPS) is 27.7. The first-order chi connectivity index (χ1) is 12.4. The molecule has 0 bridgehead atoms. The molecule has 3 saturated heterocycles. The van der Waals surface area contributed by atoms with Gasteiger partial charge in [0.1, 0.15) is 0 Å². The van der Waals surface area contributed by atoms with Crippen LogP contribution >= 0.6 is 0 Å². The van der Waals surface area contributed by atoms with Gasteiger partial charge >= 0.3 is 0 Å². The molecule has 0 unspecified atom stereocenters. The third-order valence-corrected chi connectivity index (χ3v) is 7.24. The lowest BCUT2D eigenvalue weighted by Gasteiger charge is -2.56. The van der Waals surface area contributed by atoms with E-state index in [0.717, 1.165) is 5.92 Å². The number of piperidine rings is 1. The van der Waals surface area contributed by atoms with Gasteiger partial charge in [0.05, 0.1) is 0 Å². The van der Waals surface area contributed by atoms with Crippen LogP contribution in [0.4, 0.5) is 0 Å². The minimum absolute atomic E-state index is 0.334. The van der Waals surface area contributed by atoms with Crippen molar-refractivity contribution < 1.29 is 0 Å². The number of likely N-dealkylation sites (tertiary alicyclic amines) is 2. The molecule has 0 aliphatic carbocycles. The zero-order valence-corrected chi connectivity index (χ0v) is 19.4. The van der Waals surface area contributed by atoms with E-state index in [1.165, 1.54) is 78.3 Å². The molecule has 3 heterocycles. The topological polar surface area (TPSA) is 13.0 Å². The van der Waals surface area contributed by atoms with E-state index >= 15 is 0 Å².